The zero-order valence-electron chi connectivity index (χ0n) is 19.0. The Labute approximate surface area is 184 Å². The molecule has 2 heterocycles. The van der Waals surface area contributed by atoms with Crippen LogP contribution in [0.15, 0.2) is 54.7 Å². The van der Waals surface area contributed by atoms with Crippen molar-refractivity contribution in [3.05, 3.63) is 65.9 Å². The van der Waals surface area contributed by atoms with Gasteiger partial charge in [-0.05, 0) is 75.2 Å². The maximum atomic E-state index is 5.30. The molecule has 4 rings (SSSR count). The maximum absolute atomic E-state index is 5.30. The molecule has 3 aromatic rings. The van der Waals surface area contributed by atoms with Gasteiger partial charge in [-0.15, -0.1) is 0 Å². The van der Waals surface area contributed by atoms with Crippen molar-refractivity contribution in [2.75, 3.05) is 41.9 Å². The number of piperazine rings is 1. The van der Waals surface area contributed by atoms with Crippen molar-refractivity contribution >= 4 is 23.1 Å². The van der Waals surface area contributed by atoms with Gasteiger partial charge in [-0.2, -0.15) is 4.98 Å². The molecule has 6 nitrogen and oxygen atoms in total. The number of benzene rings is 2. The molecule has 0 aliphatic carbocycles. The van der Waals surface area contributed by atoms with E-state index in [4.69, 9.17) is 9.72 Å². The second-order valence-corrected chi connectivity index (χ2v) is 8.77. The fraction of sp³-hybridized carbons (Fsp3) is 0.360. The van der Waals surface area contributed by atoms with Crippen molar-refractivity contribution in [3.8, 4) is 5.75 Å². The summed E-state index contributed by atoms with van der Waals surface area (Å²) in [4.78, 5) is 14.1. The van der Waals surface area contributed by atoms with Gasteiger partial charge in [0.2, 0.25) is 5.95 Å². The van der Waals surface area contributed by atoms with Crippen molar-refractivity contribution in [3.63, 3.8) is 0 Å². The highest BCUT2D eigenvalue weighted by Crippen LogP contribution is 2.31. The van der Waals surface area contributed by atoms with Gasteiger partial charge in [0.1, 0.15) is 11.6 Å². The number of nitrogens with zero attached hydrogens (tertiary/aromatic N) is 4. The van der Waals surface area contributed by atoms with Crippen LogP contribution in [0.1, 0.15) is 25.0 Å². The van der Waals surface area contributed by atoms with Crippen LogP contribution in [-0.2, 0) is 0 Å². The van der Waals surface area contributed by atoms with Crippen LogP contribution in [0, 0.1) is 13.8 Å². The molecule has 1 aliphatic heterocycles. The van der Waals surface area contributed by atoms with Crippen LogP contribution in [0.25, 0.3) is 0 Å². The summed E-state index contributed by atoms with van der Waals surface area (Å²) >= 11 is 0. The monoisotopic (exact) mass is 417 g/mol. The highest BCUT2D eigenvalue weighted by atomic mass is 16.5. The molecule has 1 aromatic heterocycles. The van der Waals surface area contributed by atoms with Crippen molar-refractivity contribution in [1.82, 2.24) is 9.97 Å². The molecule has 1 aliphatic rings. The van der Waals surface area contributed by atoms with Gasteiger partial charge < -0.3 is 19.9 Å². The van der Waals surface area contributed by atoms with Crippen LogP contribution in [0.5, 0.6) is 5.75 Å². The predicted molar refractivity (Wildman–Crippen MR) is 128 cm³/mol. The van der Waals surface area contributed by atoms with E-state index in [0.717, 1.165) is 42.8 Å². The summed E-state index contributed by atoms with van der Waals surface area (Å²) in [5.74, 6) is 2.45. The smallest absolute Gasteiger partial charge is 0.227 e. The fourth-order valence-corrected chi connectivity index (χ4v) is 4.15. The molecule has 6 heteroatoms. The number of aromatic nitrogens is 2. The van der Waals surface area contributed by atoms with Gasteiger partial charge in [-0.1, -0.05) is 12.1 Å². The molecular weight excluding hydrogens is 386 g/mol. The van der Waals surface area contributed by atoms with Crippen LogP contribution in [0.4, 0.5) is 23.1 Å². The van der Waals surface area contributed by atoms with E-state index >= 15 is 0 Å². The molecule has 1 saturated heterocycles. The summed E-state index contributed by atoms with van der Waals surface area (Å²) in [5.41, 5.74) is 4.64. The summed E-state index contributed by atoms with van der Waals surface area (Å²) < 4.78 is 5.30. The molecule has 1 N–H and O–H groups in total. The zero-order chi connectivity index (χ0) is 22.0. The van der Waals surface area contributed by atoms with E-state index in [-0.39, 0.29) is 5.54 Å². The third-order valence-electron chi connectivity index (χ3n) is 5.87. The number of rotatable bonds is 5. The number of aryl methyl sites for hydroxylation is 2. The van der Waals surface area contributed by atoms with Gasteiger partial charge in [-0.3, -0.25) is 0 Å². The molecule has 1 fully saturated rings. The number of methoxy groups -OCH3 is 1. The van der Waals surface area contributed by atoms with E-state index in [9.17, 15) is 0 Å². The van der Waals surface area contributed by atoms with E-state index in [0.29, 0.717) is 0 Å². The maximum Gasteiger partial charge on any atom is 0.227 e. The number of hydrogen-bond donors (Lipinski definition) is 1. The first kappa shape index (κ1) is 21.0. The largest absolute Gasteiger partial charge is 0.497 e. The van der Waals surface area contributed by atoms with Crippen LogP contribution in [0.2, 0.25) is 0 Å². The number of hydrogen-bond acceptors (Lipinski definition) is 6. The highest BCUT2D eigenvalue weighted by molar-refractivity contribution is 5.62. The molecule has 0 saturated carbocycles. The Morgan fingerprint density at radius 1 is 1.00 bits per heavy atom. The minimum atomic E-state index is -0.0627. The molecule has 0 bridgehead atoms. The molecule has 0 amide bonds. The third-order valence-corrected chi connectivity index (χ3v) is 5.87. The van der Waals surface area contributed by atoms with Crippen molar-refractivity contribution in [2.24, 2.45) is 0 Å². The van der Waals surface area contributed by atoms with Gasteiger partial charge in [0.05, 0.1) is 12.6 Å². The van der Waals surface area contributed by atoms with Crippen molar-refractivity contribution < 1.29 is 4.74 Å². The summed E-state index contributed by atoms with van der Waals surface area (Å²) in [6.07, 6.45) is 1.83. The van der Waals surface area contributed by atoms with E-state index in [2.05, 4.69) is 78.1 Å². The van der Waals surface area contributed by atoms with E-state index in [1.165, 1.54) is 16.8 Å². The SMILES string of the molecule is COc1ccc(N2CCN(c3nccc(Nc4cc(C)ccc4C)n3)CC2(C)C)cc1. The molecule has 31 heavy (non-hydrogen) atoms. The second kappa shape index (κ2) is 8.46. The summed E-state index contributed by atoms with van der Waals surface area (Å²) in [7, 11) is 1.70. The molecule has 0 unspecified atom stereocenters. The zero-order valence-corrected chi connectivity index (χ0v) is 19.0. The lowest BCUT2D eigenvalue weighted by Crippen LogP contribution is -2.60. The average Bonchev–Trinajstić information content (AvgIpc) is 2.76. The molecule has 2 aromatic carbocycles. The van der Waals surface area contributed by atoms with E-state index in [1.807, 2.05) is 24.4 Å². The number of ether oxygens (including phenoxy) is 1. The van der Waals surface area contributed by atoms with Gasteiger partial charge >= 0.3 is 0 Å². The fourth-order valence-electron chi connectivity index (χ4n) is 4.15. The van der Waals surface area contributed by atoms with E-state index in [1.54, 1.807) is 7.11 Å². The lowest BCUT2D eigenvalue weighted by Gasteiger charge is -2.48. The lowest BCUT2D eigenvalue weighted by atomic mass is 9.98. The van der Waals surface area contributed by atoms with Gasteiger partial charge in [-0.25, -0.2) is 4.98 Å². The van der Waals surface area contributed by atoms with Gasteiger partial charge in [0.25, 0.3) is 0 Å². The molecular formula is C25H31N5O. The van der Waals surface area contributed by atoms with E-state index < -0.39 is 0 Å². The Kier molecular flexibility index (Phi) is 5.72. The first-order chi connectivity index (χ1) is 14.9. The highest BCUT2D eigenvalue weighted by Gasteiger charge is 2.35. The minimum Gasteiger partial charge on any atom is -0.497 e. The Morgan fingerprint density at radius 2 is 1.77 bits per heavy atom. The molecule has 162 valence electrons. The summed E-state index contributed by atoms with van der Waals surface area (Å²) in [6, 6.07) is 16.6. The van der Waals surface area contributed by atoms with Crippen molar-refractivity contribution in [1.29, 1.82) is 0 Å². The lowest BCUT2D eigenvalue weighted by molar-refractivity contribution is 0.408. The third kappa shape index (κ3) is 4.58. The average molecular weight is 418 g/mol. The first-order valence-electron chi connectivity index (χ1n) is 10.7. The predicted octanol–water partition coefficient (Wildman–Crippen LogP) is 4.95. The number of nitrogens with one attached hydrogen (secondary N) is 1. The Bertz CT molecular complexity index is 1050. The molecule has 0 atom stereocenters. The van der Waals surface area contributed by atoms with Crippen LogP contribution < -0.4 is 19.9 Å². The van der Waals surface area contributed by atoms with Crippen LogP contribution in [-0.4, -0.2) is 42.3 Å². The topological polar surface area (TPSA) is 53.5 Å². The summed E-state index contributed by atoms with van der Waals surface area (Å²) in [6.45, 7) is 11.3. The molecule has 0 radical (unpaired) electrons. The van der Waals surface area contributed by atoms with Crippen LogP contribution >= 0.6 is 0 Å². The normalized spacial score (nSPS) is 15.6. The summed E-state index contributed by atoms with van der Waals surface area (Å²) in [5, 5.41) is 3.46. The minimum absolute atomic E-state index is 0.0627. The van der Waals surface area contributed by atoms with Gasteiger partial charge in [0.15, 0.2) is 0 Å². The Balaban J connectivity index is 1.51. The van der Waals surface area contributed by atoms with Crippen molar-refractivity contribution in [2.45, 2.75) is 33.2 Å². The second-order valence-electron chi connectivity index (χ2n) is 8.77. The Morgan fingerprint density at radius 3 is 2.48 bits per heavy atom. The van der Waals surface area contributed by atoms with Gasteiger partial charge in [0, 0.05) is 37.2 Å². The standard InChI is InChI=1S/C25H31N5O/c1-18-6-7-19(2)22(16-18)27-23-12-13-26-24(28-23)29-14-15-30(25(3,4)17-29)20-8-10-21(31-5)11-9-20/h6-13,16H,14-15,17H2,1-5H3,(H,26,27,28). The first-order valence-corrected chi connectivity index (χ1v) is 10.7. The number of anilines is 4. The quantitative estimate of drug-likeness (QED) is 0.634. The molecule has 0 spiro atoms. The van der Waals surface area contributed by atoms with Crippen LogP contribution in [0.3, 0.4) is 0 Å². The Hall–Kier alpha value is -3.28.